The molecule has 5 rings (SSSR count). The fourth-order valence-electron chi connectivity index (χ4n) is 5.78. The van der Waals surface area contributed by atoms with Gasteiger partial charge in [-0.2, -0.15) is 5.10 Å². The quantitative estimate of drug-likeness (QED) is 0.540. The summed E-state index contributed by atoms with van der Waals surface area (Å²) in [6.45, 7) is 6.45. The van der Waals surface area contributed by atoms with E-state index in [1.807, 2.05) is 17.0 Å². The van der Waals surface area contributed by atoms with Gasteiger partial charge in [0, 0.05) is 43.0 Å². The van der Waals surface area contributed by atoms with E-state index >= 15 is 4.39 Å². The van der Waals surface area contributed by atoms with Crippen LogP contribution >= 0.6 is 0 Å². The summed E-state index contributed by atoms with van der Waals surface area (Å²) < 4.78 is 21.3. The molecule has 184 valence electrons. The van der Waals surface area contributed by atoms with E-state index in [0.717, 1.165) is 30.5 Å². The SMILES string of the molecule is CC(=O)C1(c2c(F)cccc2CCC(=O)N2CCCC2(C)C)CC(Oc2ccc3[nH]ncc3n2)C1. The Morgan fingerprint density at radius 1 is 1.23 bits per heavy atom. The Kier molecular flexibility index (Phi) is 5.85. The summed E-state index contributed by atoms with van der Waals surface area (Å²) in [5.41, 5.74) is 1.55. The molecule has 3 heterocycles. The number of hydrogen-bond donors (Lipinski definition) is 1. The first-order valence-electron chi connectivity index (χ1n) is 12.3. The molecule has 1 saturated carbocycles. The van der Waals surface area contributed by atoms with Gasteiger partial charge in [0.2, 0.25) is 11.8 Å². The average Bonchev–Trinajstić information content (AvgIpc) is 3.39. The molecule has 2 aromatic heterocycles. The van der Waals surface area contributed by atoms with Crippen LogP contribution in [0.5, 0.6) is 5.88 Å². The van der Waals surface area contributed by atoms with Gasteiger partial charge >= 0.3 is 0 Å². The first-order chi connectivity index (χ1) is 16.7. The number of ketones is 1. The van der Waals surface area contributed by atoms with Gasteiger partial charge in [-0.05, 0) is 57.7 Å². The van der Waals surface area contributed by atoms with Crippen LogP contribution in [0.4, 0.5) is 4.39 Å². The first kappa shape index (κ1) is 23.5. The van der Waals surface area contributed by atoms with E-state index in [2.05, 4.69) is 29.0 Å². The lowest BCUT2D eigenvalue weighted by molar-refractivity contribution is -0.134. The standard InChI is InChI=1S/C27H31FN4O3/c1-17(33)27(14-19(15-27)35-23-10-9-21-22(30-23)16-29-31-21)25-18(6-4-7-20(25)28)8-11-24(34)32-13-5-12-26(32,2)3/h4,6-7,9-10,16,19H,5,8,11-15H2,1-3H3,(H,29,31). The number of Topliss-reactive ketones (excluding diaryl/α,β-unsaturated/α-hetero) is 1. The highest BCUT2D eigenvalue weighted by Gasteiger charge is 2.53. The normalized spacial score (nSPS) is 23.3. The minimum Gasteiger partial charge on any atom is -0.474 e. The number of amides is 1. The van der Waals surface area contributed by atoms with E-state index in [1.54, 1.807) is 18.3 Å². The lowest BCUT2D eigenvalue weighted by Crippen LogP contribution is -2.53. The van der Waals surface area contributed by atoms with Crippen molar-refractivity contribution in [3.8, 4) is 5.88 Å². The molecule has 1 amide bonds. The van der Waals surface area contributed by atoms with E-state index in [9.17, 15) is 9.59 Å². The third-order valence-corrected chi connectivity index (χ3v) is 7.77. The molecule has 0 atom stereocenters. The Hall–Kier alpha value is -3.29. The van der Waals surface area contributed by atoms with Gasteiger partial charge in [0.15, 0.2) is 0 Å². The Labute approximate surface area is 204 Å². The van der Waals surface area contributed by atoms with Gasteiger partial charge in [0.25, 0.3) is 0 Å². The Morgan fingerprint density at radius 3 is 2.74 bits per heavy atom. The number of rotatable bonds is 7. The second-order valence-corrected chi connectivity index (χ2v) is 10.5. The van der Waals surface area contributed by atoms with E-state index in [-0.39, 0.29) is 23.3 Å². The lowest BCUT2D eigenvalue weighted by atomic mass is 9.59. The van der Waals surface area contributed by atoms with Crippen LogP contribution in [0.25, 0.3) is 11.0 Å². The van der Waals surface area contributed by atoms with Crippen molar-refractivity contribution < 1.29 is 18.7 Å². The summed E-state index contributed by atoms with van der Waals surface area (Å²) in [5.74, 6) is 0.0424. The topological polar surface area (TPSA) is 88.2 Å². The van der Waals surface area contributed by atoms with Crippen molar-refractivity contribution in [2.24, 2.45) is 0 Å². The molecule has 7 nitrogen and oxygen atoms in total. The van der Waals surface area contributed by atoms with Crippen LogP contribution in [0.1, 0.15) is 64.0 Å². The molecule has 3 aromatic rings. The van der Waals surface area contributed by atoms with Crippen molar-refractivity contribution in [2.45, 2.75) is 76.4 Å². The summed E-state index contributed by atoms with van der Waals surface area (Å²) >= 11 is 0. The number of carbonyl (C=O) groups is 2. The van der Waals surface area contributed by atoms with Gasteiger partial charge in [-0.1, -0.05) is 12.1 Å². The monoisotopic (exact) mass is 478 g/mol. The van der Waals surface area contributed by atoms with E-state index in [1.165, 1.54) is 13.0 Å². The highest BCUT2D eigenvalue weighted by molar-refractivity contribution is 5.90. The van der Waals surface area contributed by atoms with Crippen LogP contribution in [0.2, 0.25) is 0 Å². The summed E-state index contributed by atoms with van der Waals surface area (Å²) in [5, 5.41) is 6.82. The van der Waals surface area contributed by atoms with Crippen LogP contribution in [-0.4, -0.2) is 50.0 Å². The molecule has 35 heavy (non-hydrogen) atoms. The van der Waals surface area contributed by atoms with Crippen LogP contribution < -0.4 is 4.74 Å². The average molecular weight is 479 g/mol. The number of H-pyrrole nitrogens is 1. The van der Waals surface area contributed by atoms with Gasteiger partial charge in [-0.25, -0.2) is 9.37 Å². The maximum Gasteiger partial charge on any atom is 0.223 e. The highest BCUT2D eigenvalue weighted by atomic mass is 19.1. The predicted molar refractivity (Wildman–Crippen MR) is 130 cm³/mol. The molecule has 1 aromatic carbocycles. The van der Waals surface area contributed by atoms with E-state index in [0.29, 0.717) is 42.6 Å². The Balaban J connectivity index is 1.33. The van der Waals surface area contributed by atoms with E-state index in [4.69, 9.17) is 4.74 Å². The summed E-state index contributed by atoms with van der Waals surface area (Å²) in [6.07, 6.45) is 4.79. The second-order valence-electron chi connectivity index (χ2n) is 10.5. The second kappa shape index (κ2) is 8.73. The number of benzene rings is 1. The number of aromatic nitrogens is 3. The molecule has 1 N–H and O–H groups in total. The van der Waals surface area contributed by atoms with Crippen molar-refractivity contribution in [1.29, 1.82) is 0 Å². The third-order valence-electron chi connectivity index (χ3n) is 7.77. The molecular formula is C27H31FN4O3. The minimum atomic E-state index is -0.957. The Morgan fingerprint density at radius 2 is 2.03 bits per heavy atom. The molecule has 8 heteroatoms. The number of likely N-dealkylation sites (tertiary alicyclic amines) is 1. The van der Waals surface area contributed by atoms with Crippen molar-refractivity contribution in [2.75, 3.05) is 6.54 Å². The van der Waals surface area contributed by atoms with Crippen LogP contribution in [0, 0.1) is 5.82 Å². The van der Waals surface area contributed by atoms with Crippen molar-refractivity contribution >= 4 is 22.7 Å². The molecule has 0 unspecified atom stereocenters. The predicted octanol–water partition coefficient (Wildman–Crippen LogP) is 4.50. The molecule has 1 aliphatic carbocycles. The molecule has 1 saturated heterocycles. The van der Waals surface area contributed by atoms with Crippen LogP contribution in [-0.2, 0) is 21.4 Å². The van der Waals surface area contributed by atoms with Crippen LogP contribution in [0.3, 0.4) is 0 Å². The summed E-state index contributed by atoms with van der Waals surface area (Å²) in [6, 6.07) is 8.50. The highest BCUT2D eigenvalue weighted by Crippen LogP contribution is 2.48. The number of nitrogens with one attached hydrogen (secondary N) is 1. The zero-order valence-electron chi connectivity index (χ0n) is 20.4. The number of fused-ring (bicyclic) bond motifs is 1. The maximum atomic E-state index is 15.3. The van der Waals surface area contributed by atoms with Crippen molar-refractivity contribution in [1.82, 2.24) is 20.1 Å². The zero-order chi connectivity index (χ0) is 24.8. The van der Waals surface area contributed by atoms with Crippen molar-refractivity contribution in [3.05, 3.63) is 53.5 Å². The Bertz CT molecular complexity index is 1280. The minimum absolute atomic E-state index is 0.0788. The number of aromatic amines is 1. The molecule has 1 aliphatic heterocycles. The fourth-order valence-corrected chi connectivity index (χ4v) is 5.78. The van der Waals surface area contributed by atoms with Gasteiger partial charge in [-0.15, -0.1) is 0 Å². The van der Waals surface area contributed by atoms with Crippen molar-refractivity contribution in [3.63, 3.8) is 0 Å². The molecule has 2 fully saturated rings. The number of ether oxygens (including phenoxy) is 1. The number of hydrogen-bond acceptors (Lipinski definition) is 5. The van der Waals surface area contributed by atoms with Gasteiger partial charge in [0.1, 0.15) is 23.2 Å². The number of pyridine rings is 1. The molecule has 0 bridgehead atoms. The molecule has 0 radical (unpaired) electrons. The first-order valence-corrected chi connectivity index (χ1v) is 12.3. The zero-order valence-corrected chi connectivity index (χ0v) is 20.4. The smallest absolute Gasteiger partial charge is 0.223 e. The largest absolute Gasteiger partial charge is 0.474 e. The molecule has 2 aliphatic rings. The number of halogens is 1. The fraction of sp³-hybridized carbons (Fsp3) is 0.481. The summed E-state index contributed by atoms with van der Waals surface area (Å²) in [4.78, 5) is 32.2. The number of aryl methyl sites for hydroxylation is 1. The van der Waals surface area contributed by atoms with E-state index < -0.39 is 11.2 Å². The maximum absolute atomic E-state index is 15.3. The molecular weight excluding hydrogens is 447 g/mol. The molecule has 0 spiro atoms. The third kappa shape index (κ3) is 4.19. The van der Waals surface area contributed by atoms with Crippen LogP contribution in [0.15, 0.2) is 36.5 Å². The number of nitrogens with zero attached hydrogens (tertiary/aromatic N) is 3. The lowest BCUT2D eigenvalue weighted by Gasteiger charge is -2.46. The number of carbonyl (C=O) groups excluding carboxylic acids is 2. The van der Waals surface area contributed by atoms with Gasteiger partial charge in [-0.3, -0.25) is 14.7 Å². The van der Waals surface area contributed by atoms with Gasteiger partial charge in [0.05, 0.1) is 17.1 Å². The summed E-state index contributed by atoms with van der Waals surface area (Å²) in [7, 11) is 0. The van der Waals surface area contributed by atoms with Gasteiger partial charge < -0.3 is 9.64 Å².